The molecule has 400 valence electrons. The maximum Gasteiger partial charge on any atom is 0.333 e. The summed E-state index contributed by atoms with van der Waals surface area (Å²) < 4.78 is 300. The van der Waals surface area contributed by atoms with Crippen LogP contribution in [0.15, 0.2) is 12.2 Å². The maximum absolute atomic E-state index is 15.4. The minimum absolute atomic E-state index is 0.272. The summed E-state index contributed by atoms with van der Waals surface area (Å²) in [6.45, 7) is 10.1. The van der Waals surface area contributed by atoms with E-state index in [9.17, 15) is 57.5 Å². The molecule has 0 fully saturated rings. The van der Waals surface area contributed by atoms with Gasteiger partial charge in [-0.15, -0.1) is 21.9 Å². The van der Waals surface area contributed by atoms with E-state index < -0.39 is 144 Å². The third kappa shape index (κ3) is 12.9. The summed E-state index contributed by atoms with van der Waals surface area (Å²) in [4.78, 5) is 11.4. The molecule has 0 aromatic heterocycles. The van der Waals surface area contributed by atoms with E-state index in [1.54, 1.807) is 6.92 Å². The van der Waals surface area contributed by atoms with Crippen LogP contribution in [0, 0.1) is 116 Å². The normalized spacial score (nSPS) is 11.8. The molecule has 72 heavy (non-hydrogen) atoms. The molecule has 4 rings (SSSR count). The summed E-state index contributed by atoms with van der Waals surface area (Å²) in [6, 6.07) is 0. The summed E-state index contributed by atoms with van der Waals surface area (Å²) in [5, 5.41) is 0. The van der Waals surface area contributed by atoms with Crippen molar-refractivity contribution >= 4 is 34.0 Å². The number of rotatable bonds is 23. The van der Waals surface area contributed by atoms with Crippen molar-refractivity contribution in [2.45, 2.75) is 104 Å². The van der Waals surface area contributed by atoms with Crippen molar-refractivity contribution in [1.29, 1.82) is 0 Å². The molecule has 0 unspecified atom stereocenters. The number of hydrogen-bond donors (Lipinski definition) is 0. The number of unbranched alkanes of at least 4 members (excludes halogenated alkanes) is 13. The summed E-state index contributed by atoms with van der Waals surface area (Å²) >= 11 is 0. The Morgan fingerprint density at radius 3 is 0.806 bits per heavy atom. The first kappa shape index (κ1) is 61.0. The summed E-state index contributed by atoms with van der Waals surface area (Å²) in [5.41, 5.74) is -13.9. The van der Waals surface area contributed by atoms with Crippen LogP contribution >= 0.6 is 0 Å². The number of halogens is 20. The molecule has 0 N–H and O–H groups in total. The van der Waals surface area contributed by atoms with Crippen LogP contribution in [0.25, 0.3) is 0 Å². The van der Waals surface area contributed by atoms with E-state index in [4.69, 9.17) is 4.74 Å². The van der Waals surface area contributed by atoms with Crippen molar-refractivity contribution in [3.63, 3.8) is 0 Å². The first-order valence-corrected chi connectivity index (χ1v) is 22.5. The quantitative estimate of drug-likeness (QED) is 0.0108. The summed E-state index contributed by atoms with van der Waals surface area (Å²) in [7, 11) is 4.44. The van der Waals surface area contributed by atoms with Gasteiger partial charge in [0.25, 0.3) is 0 Å². The molecular formula is C48H48BF20NO2. The van der Waals surface area contributed by atoms with Gasteiger partial charge in [-0.25, -0.2) is 92.6 Å². The fourth-order valence-corrected chi connectivity index (χ4v) is 8.23. The fourth-order valence-electron chi connectivity index (χ4n) is 8.23. The van der Waals surface area contributed by atoms with Gasteiger partial charge in [0.1, 0.15) is 65.8 Å². The first-order valence-electron chi connectivity index (χ1n) is 22.5. The second-order valence-electron chi connectivity index (χ2n) is 17.7. The number of benzene rings is 4. The van der Waals surface area contributed by atoms with Gasteiger partial charge in [-0.1, -0.05) is 90.6 Å². The Labute approximate surface area is 401 Å². The Morgan fingerprint density at radius 1 is 0.375 bits per heavy atom. The number of likely N-dealkylation sites (N-methyl/N-ethyl adjacent to an activating group) is 1. The van der Waals surface area contributed by atoms with Gasteiger partial charge in [-0.05, 0) is 19.8 Å². The van der Waals surface area contributed by atoms with Crippen molar-refractivity contribution in [3.05, 3.63) is 128 Å². The lowest BCUT2D eigenvalue weighted by Crippen LogP contribution is -2.81. The van der Waals surface area contributed by atoms with Gasteiger partial charge >= 0.3 is 5.97 Å². The van der Waals surface area contributed by atoms with Gasteiger partial charge in [0, 0.05) is 5.57 Å². The Bertz CT molecular complexity index is 2220. The second-order valence-corrected chi connectivity index (χ2v) is 17.7. The highest BCUT2D eigenvalue weighted by Crippen LogP contribution is 2.31. The number of quaternary nitrogens is 1. The summed E-state index contributed by atoms with van der Waals surface area (Å²) in [5.74, 6) is -71.7. The van der Waals surface area contributed by atoms with Gasteiger partial charge < -0.3 is 9.22 Å². The highest BCUT2D eigenvalue weighted by Gasteiger charge is 2.52. The van der Waals surface area contributed by atoms with Crippen molar-refractivity contribution in [2.24, 2.45) is 0 Å². The average molecular weight is 1060 g/mol. The monoisotopic (exact) mass is 1060 g/mol. The third-order valence-corrected chi connectivity index (χ3v) is 12.1. The van der Waals surface area contributed by atoms with Crippen LogP contribution in [-0.4, -0.2) is 50.4 Å². The number of hydrogen-bond acceptors (Lipinski definition) is 2. The zero-order valence-corrected chi connectivity index (χ0v) is 39.1. The highest BCUT2D eigenvalue weighted by molar-refractivity contribution is 7.20. The van der Waals surface area contributed by atoms with Crippen LogP contribution in [0.1, 0.15) is 104 Å². The predicted octanol–water partition coefficient (Wildman–Crippen LogP) is 12.5. The van der Waals surface area contributed by atoms with Crippen molar-refractivity contribution in [3.8, 4) is 0 Å². The fraction of sp³-hybridized carbons (Fsp3) is 0.438. The smallest absolute Gasteiger partial charge is 0.333 e. The van der Waals surface area contributed by atoms with Crippen LogP contribution in [-0.2, 0) is 9.53 Å². The van der Waals surface area contributed by atoms with Crippen LogP contribution in [0.2, 0.25) is 0 Å². The van der Waals surface area contributed by atoms with E-state index in [2.05, 4.69) is 27.6 Å². The standard InChI is InChI=1S/C24BF20.C24H48NO2/c26-5-1(6(27)14(35)21(42)13(5)34)25(2-7(28)15(36)22(43)16(37)8(2)29,3-9(30)17(38)23(44)18(39)10(3)31)4-11(32)19(40)24(45)20(41)12(4)33;1-6-7-8-9-10-11-12-13-14-15-16-17-18-19-20-25(4,5)21-22-27-24(26)23(2)3/h;2,6-22H2,1,3-5H3/q-1;+1. The van der Waals surface area contributed by atoms with E-state index in [-0.39, 0.29) is 5.97 Å². The first-order chi connectivity index (χ1) is 33.6. The van der Waals surface area contributed by atoms with Crippen molar-refractivity contribution in [2.75, 3.05) is 33.8 Å². The van der Waals surface area contributed by atoms with Gasteiger partial charge in [-0.2, -0.15) is 0 Å². The molecule has 0 heterocycles. The van der Waals surface area contributed by atoms with E-state index in [1.807, 2.05) is 0 Å². The number of nitrogens with zero attached hydrogens (tertiary/aromatic N) is 1. The van der Waals surface area contributed by atoms with E-state index in [0.717, 1.165) is 17.6 Å². The predicted molar refractivity (Wildman–Crippen MR) is 227 cm³/mol. The van der Waals surface area contributed by atoms with Gasteiger partial charge in [-0.3, -0.25) is 0 Å². The SMILES string of the molecule is C=C(C)C(=O)OCC[N+](C)(C)CCCCCCCCCCCCCCCC.Fc1c(F)c(F)c([B-](c2c(F)c(F)c(F)c(F)c2F)(c2c(F)c(F)c(F)c(F)c2F)c2c(F)c(F)c(F)c(F)c2F)c(F)c1F. The molecule has 0 atom stereocenters. The second kappa shape index (κ2) is 26.1. The van der Waals surface area contributed by atoms with Gasteiger partial charge in [0.05, 0.1) is 20.6 Å². The molecule has 0 saturated carbocycles. The number of carbonyl (C=O) groups excluding carboxylic acids is 1. The topological polar surface area (TPSA) is 26.3 Å². The molecule has 4 aromatic rings. The Morgan fingerprint density at radius 2 is 0.583 bits per heavy atom. The Hall–Kier alpha value is -5.29. The number of carbonyl (C=O) groups is 1. The molecule has 0 spiro atoms. The van der Waals surface area contributed by atoms with Crippen LogP contribution < -0.4 is 21.9 Å². The molecule has 4 aromatic carbocycles. The molecule has 3 nitrogen and oxygen atoms in total. The lowest BCUT2D eigenvalue weighted by Gasteiger charge is -2.44. The largest absolute Gasteiger partial charge is 0.456 e. The third-order valence-electron chi connectivity index (χ3n) is 12.1. The molecule has 0 aliphatic heterocycles. The molecule has 0 aliphatic carbocycles. The molecule has 0 aliphatic rings. The van der Waals surface area contributed by atoms with Gasteiger partial charge in [0.15, 0.2) is 69.8 Å². The zero-order valence-electron chi connectivity index (χ0n) is 39.1. The molecule has 0 radical (unpaired) electrons. The van der Waals surface area contributed by atoms with Crippen LogP contribution in [0.5, 0.6) is 0 Å². The molecule has 0 saturated heterocycles. The van der Waals surface area contributed by atoms with Gasteiger partial charge in [0.2, 0.25) is 0 Å². The minimum atomic E-state index is -7.22. The maximum atomic E-state index is 15.4. The molecular weight excluding hydrogens is 1010 g/mol. The van der Waals surface area contributed by atoms with Crippen LogP contribution in [0.4, 0.5) is 87.8 Å². The molecule has 0 amide bonds. The average Bonchev–Trinajstić information content (AvgIpc) is 3.34. The van der Waals surface area contributed by atoms with Crippen LogP contribution in [0.3, 0.4) is 0 Å². The van der Waals surface area contributed by atoms with Crippen molar-refractivity contribution in [1.82, 2.24) is 0 Å². The summed E-state index contributed by atoms with van der Waals surface area (Å²) in [6.07, 6.45) is 12.4. The Balaban J connectivity index is 0.000000436. The number of ether oxygens (including phenoxy) is 1. The lowest BCUT2D eigenvalue weighted by atomic mass is 9.12. The lowest BCUT2D eigenvalue weighted by molar-refractivity contribution is -0.890. The van der Waals surface area contributed by atoms with E-state index >= 15 is 35.1 Å². The van der Waals surface area contributed by atoms with E-state index in [1.165, 1.54) is 89.9 Å². The zero-order chi connectivity index (χ0) is 54.7. The number of esters is 1. The Kier molecular flexibility index (Phi) is 22.1. The van der Waals surface area contributed by atoms with Crippen molar-refractivity contribution < 1.29 is 102 Å². The molecule has 24 heteroatoms. The minimum Gasteiger partial charge on any atom is -0.456 e. The highest BCUT2D eigenvalue weighted by atomic mass is 19.2. The van der Waals surface area contributed by atoms with E-state index in [0.29, 0.717) is 12.2 Å². The molecule has 0 bridgehead atoms.